The highest BCUT2D eigenvalue weighted by atomic mass is 16.6. The summed E-state index contributed by atoms with van der Waals surface area (Å²) in [5, 5.41) is 0. The van der Waals surface area contributed by atoms with Crippen molar-refractivity contribution in [3.05, 3.63) is 36.8 Å². The van der Waals surface area contributed by atoms with E-state index in [2.05, 4.69) is 11.7 Å². The van der Waals surface area contributed by atoms with Crippen molar-refractivity contribution in [2.45, 2.75) is 0 Å². The van der Waals surface area contributed by atoms with Gasteiger partial charge < -0.3 is 9.47 Å². The van der Waals surface area contributed by atoms with E-state index in [1.165, 1.54) is 7.11 Å². The standard InChI is InChI=1S/C10H11O3/c1-8-5-3-4-6-9(8)13-7-10(11)12-2/h3-6H,1,7H2,2H3. The van der Waals surface area contributed by atoms with Gasteiger partial charge in [-0.1, -0.05) is 18.2 Å². The van der Waals surface area contributed by atoms with E-state index in [0.29, 0.717) is 5.75 Å². The molecule has 0 heterocycles. The van der Waals surface area contributed by atoms with Gasteiger partial charge in [0.05, 0.1) is 7.11 Å². The van der Waals surface area contributed by atoms with Crippen LogP contribution in [0.3, 0.4) is 0 Å². The van der Waals surface area contributed by atoms with Gasteiger partial charge in [0.25, 0.3) is 0 Å². The Kier molecular flexibility index (Phi) is 3.31. The van der Waals surface area contributed by atoms with Gasteiger partial charge in [0.2, 0.25) is 0 Å². The zero-order valence-electron chi connectivity index (χ0n) is 7.45. The molecule has 0 aromatic heterocycles. The van der Waals surface area contributed by atoms with Crippen molar-refractivity contribution in [2.75, 3.05) is 13.7 Å². The highest BCUT2D eigenvalue weighted by Crippen LogP contribution is 2.15. The molecule has 1 aromatic carbocycles. The van der Waals surface area contributed by atoms with Gasteiger partial charge in [-0.3, -0.25) is 0 Å². The van der Waals surface area contributed by atoms with Gasteiger partial charge in [-0.25, -0.2) is 4.79 Å². The molecule has 0 N–H and O–H groups in total. The lowest BCUT2D eigenvalue weighted by molar-refractivity contribution is -0.142. The predicted octanol–water partition coefficient (Wildman–Crippen LogP) is 1.42. The van der Waals surface area contributed by atoms with Crippen molar-refractivity contribution in [1.29, 1.82) is 0 Å². The SMILES string of the molecule is [CH2]c1ccccc1OCC(=O)OC. The molecule has 0 aliphatic carbocycles. The van der Waals surface area contributed by atoms with E-state index in [9.17, 15) is 4.79 Å². The Bertz CT molecular complexity index is 294. The monoisotopic (exact) mass is 179 g/mol. The number of carbonyl (C=O) groups is 1. The highest BCUT2D eigenvalue weighted by Gasteiger charge is 2.02. The Balaban J connectivity index is 2.54. The summed E-state index contributed by atoms with van der Waals surface area (Å²) in [7, 11) is 1.32. The average molecular weight is 179 g/mol. The molecule has 0 spiro atoms. The predicted molar refractivity (Wildman–Crippen MR) is 48.4 cm³/mol. The molecule has 1 aromatic rings. The second kappa shape index (κ2) is 4.50. The zero-order valence-corrected chi connectivity index (χ0v) is 7.45. The van der Waals surface area contributed by atoms with Crippen LogP contribution in [0.4, 0.5) is 0 Å². The first kappa shape index (κ1) is 9.58. The maximum absolute atomic E-state index is 10.7. The van der Waals surface area contributed by atoms with E-state index in [1.807, 2.05) is 18.2 Å². The second-order valence-corrected chi connectivity index (χ2v) is 2.47. The molecule has 69 valence electrons. The van der Waals surface area contributed by atoms with Gasteiger partial charge in [-0.15, -0.1) is 0 Å². The quantitative estimate of drug-likeness (QED) is 0.658. The summed E-state index contributed by atoms with van der Waals surface area (Å²) < 4.78 is 9.58. The topological polar surface area (TPSA) is 35.5 Å². The highest BCUT2D eigenvalue weighted by molar-refractivity contribution is 5.70. The van der Waals surface area contributed by atoms with Crippen LogP contribution in [0.15, 0.2) is 24.3 Å². The number of para-hydroxylation sites is 1. The Hall–Kier alpha value is -1.51. The summed E-state index contributed by atoms with van der Waals surface area (Å²) in [4.78, 5) is 10.7. The Morgan fingerprint density at radius 3 is 2.77 bits per heavy atom. The number of methoxy groups -OCH3 is 1. The van der Waals surface area contributed by atoms with Gasteiger partial charge in [-0.2, -0.15) is 0 Å². The summed E-state index contributed by atoms with van der Waals surface area (Å²) >= 11 is 0. The average Bonchev–Trinajstić information content (AvgIpc) is 2.16. The van der Waals surface area contributed by atoms with Crippen molar-refractivity contribution >= 4 is 5.97 Å². The number of hydrogen-bond acceptors (Lipinski definition) is 3. The largest absolute Gasteiger partial charge is 0.482 e. The number of rotatable bonds is 3. The number of hydrogen-bond donors (Lipinski definition) is 0. The van der Waals surface area contributed by atoms with E-state index < -0.39 is 5.97 Å². The molecular formula is C10H11O3. The number of ether oxygens (including phenoxy) is 2. The third-order valence-corrected chi connectivity index (χ3v) is 1.55. The molecule has 0 saturated carbocycles. The fraction of sp³-hybridized carbons (Fsp3) is 0.200. The van der Waals surface area contributed by atoms with Gasteiger partial charge >= 0.3 is 5.97 Å². The van der Waals surface area contributed by atoms with Gasteiger partial charge in [0.15, 0.2) is 6.61 Å². The van der Waals surface area contributed by atoms with Crippen molar-refractivity contribution in [1.82, 2.24) is 0 Å². The molecule has 3 heteroatoms. The molecule has 0 aliphatic heterocycles. The fourth-order valence-electron chi connectivity index (χ4n) is 0.840. The molecular weight excluding hydrogens is 168 g/mol. The van der Waals surface area contributed by atoms with Gasteiger partial charge in [0, 0.05) is 0 Å². The van der Waals surface area contributed by atoms with E-state index >= 15 is 0 Å². The lowest BCUT2D eigenvalue weighted by Gasteiger charge is -2.06. The number of carbonyl (C=O) groups excluding carboxylic acids is 1. The lowest BCUT2D eigenvalue weighted by atomic mass is 10.2. The number of benzene rings is 1. The van der Waals surface area contributed by atoms with Gasteiger partial charge in [-0.05, 0) is 18.6 Å². The Morgan fingerprint density at radius 2 is 2.15 bits per heavy atom. The van der Waals surface area contributed by atoms with E-state index in [-0.39, 0.29) is 6.61 Å². The van der Waals surface area contributed by atoms with Crippen LogP contribution in [0.1, 0.15) is 5.56 Å². The van der Waals surface area contributed by atoms with Crippen LogP contribution >= 0.6 is 0 Å². The molecule has 0 fully saturated rings. The van der Waals surface area contributed by atoms with E-state index in [4.69, 9.17) is 4.74 Å². The Morgan fingerprint density at radius 1 is 1.46 bits per heavy atom. The summed E-state index contributed by atoms with van der Waals surface area (Å²) in [6, 6.07) is 7.24. The minimum Gasteiger partial charge on any atom is -0.482 e. The third-order valence-electron chi connectivity index (χ3n) is 1.55. The molecule has 0 atom stereocenters. The molecule has 0 saturated heterocycles. The van der Waals surface area contributed by atoms with Crippen LogP contribution < -0.4 is 4.74 Å². The Labute approximate surface area is 77.3 Å². The smallest absolute Gasteiger partial charge is 0.343 e. The molecule has 0 bridgehead atoms. The first-order valence-corrected chi connectivity index (χ1v) is 3.84. The summed E-state index contributed by atoms with van der Waals surface area (Å²) in [6.07, 6.45) is 0. The maximum atomic E-state index is 10.7. The zero-order chi connectivity index (χ0) is 9.68. The van der Waals surface area contributed by atoms with Crippen LogP contribution in [0.25, 0.3) is 0 Å². The van der Waals surface area contributed by atoms with Crippen LogP contribution in [0.2, 0.25) is 0 Å². The van der Waals surface area contributed by atoms with Crippen LogP contribution in [0.5, 0.6) is 5.75 Å². The fourth-order valence-corrected chi connectivity index (χ4v) is 0.840. The van der Waals surface area contributed by atoms with Crippen molar-refractivity contribution < 1.29 is 14.3 Å². The van der Waals surface area contributed by atoms with Crippen molar-refractivity contribution in [3.8, 4) is 5.75 Å². The van der Waals surface area contributed by atoms with Crippen molar-refractivity contribution in [2.24, 2.45) is 0 Å². The summed E-state index contributed by atoms with van der Waals surface area (Å²) in [6.45, 7) is 3.67. The second-order valence-electron chi connectivity index (χ2n) is 2.47. The minimum absolute atomic E-state index is 0.0803. The van der Waals surface area contributed by atoms with Gasteiger partial charge in [0.1, 0.15) is 5.75 Å². The van der Waals surface area contributed by atoms with Crippen LogP contribution in [-0.2, 0) is 9.53 Å². The minimum atomic E-state index is -0.400. The van der Waals surface area contributed by atoms with E-state index in [0.717, 1.165) is 5.56 Å². The van der Waals surface area contributed by atoms with E-state index in [1.54, 1.807) is 6.07 Å². The molecule has 0 unspecified atom stereocenters. The van der Waals surface area contributed by atoms with Crippen LogP contribution in [-0.4, -0.2) is 19.7 Å². The molecule has 3 nitrogen and oxygen atoms in total. The maximum Gasteiger partial charge on any atom is 0.343 e. The summed E-state index contributed by atoms with van der Waals surface area (Å²) in [5.74, 6) is 0.205. The van der Waals surface area contributed by atoms with Crippen LogP contribution in [0, 0.1) is 6.92 Å². The molecule has 13 heavy (non-hydrogen) atoms. The molecule has 1 radical (unpaired) electrons. The normalized spacial score (nSPS) is 9.38. The first-order chi connectivity index (χ1) is 6.24. The molecule has 0 amide bonds. The van der Waals surface area contributed by atoms with Crippen molar-refractivity contribution in [3.63, 3.8) is 0 Å². The first-order valence-electron chi connectivity index (χ1n) is 3.84. The third kappa shape index (κ3) is 2.78. The summed E-state index contributed by atoms with van der Waals surface area (Å²) in [5.41, 5.74) is 0.756. The molecule has 1 rings (SSSR count). The molecule has 0 aliphatic rings. The number of esters is 1. The lowest BCUT2D eigenvalue weighted by Crippen LogP contribution is -2.12.